The van der Waals surface area contributed by atoms with Crippen LogP contribution >= 0.6 is 22.6 Å². The van der Waals surface area contributed by atoms with Crippen molar-refractivity contribution >= 4 is 51.1 Å². The highest BCUT2D eigenvalue weighted by Gasteiger charge is 2.29. The molecule has 39 heavy (non-hydrogen) atoms. The quantitative estimate of drug-likeness (QED) is 0.0727. The third-order valence-corrected chi connectivity index (χ3v) is 6.49. The average Bonchev–Trinajstić information content (AvgIpc) is 2.93. The molecule has 202 valence electrons. The largest absolute Gasteiger partial charge is 0.493 e. The number of amides is 1. The Morgan fingerprint density at radius 3 is 2.33 bits per heavy atom. The molecule has 3 aromatic carbocycles. The average molecular weight is 652 g/mol. The predicted octanol–water partition coefficient (Wildman–Crippen LogP) is 7.04. The Kier molecular flexibility index (Phi) is 8.68. The second-order valence-electron chi connectivity index (χ2n) is 8.86. The molecule has 11 heteroatoms. The molecule has 0 fully saturated rings. The van der Waals surface area contributed by atoms with E-state index in [0.717, 1.165) is 0 Å². The first kappa shape index (κ1) is 28.3. The van der Waals surface area contributed by atoms with E-state index in [1.54, 1.807) is 48.5 Å². The molecule has 0 saturated heterocycles. The van der Waals surface area contributed by atoms with Crippen LogP contribution in [0.2, 0.25) is 0 Å². The monoisotopic (exact) mass is 652 g/mol. The summed E-state index contributed by atoms with van der Waals surface area (Å²) in [4.78, 5) is 29.9. The number of esters is 1. The minimum atomic E-state index is -2.12. The van der Waals surface area contributed by atoms with Crippen molar-refractivity contribution in [3.63, 3.8) is 0 Å². The van der Waals surface area contributed by atoms with Crippen molar-refractivity contribution in [2.24, 2.45) is 5.92 Å². The van der Waals surface area contributed by atoms with Crippen molar-refractivity contribution in [3.8, 4) is 5.75 Å². The van der Waals surface area contributed by atoms with E-state index in [1.165, 1.54) is 28.7 Å². The van der Waals surface area contributed by atoms with Gasteiger partial charge in [-0.25, -0.2) is 27.3 Å². The van der Waals surface area contributed by atoms with Crippen molar-refractivity contribution in [2.45, 2.75) is 20.5 Å². The van der Waals surface area contributed by atoms with Crippen LogP contribution in [0.25, 0.3) is 10.9 Å². The van der Waals surface area contributed by atoms with Gasteiger partial charge in [0.1, 0.15) is 17.9 Å². The number of benzene rings is 3. The Balaban J connectivity index is 1.69. The van der Waals surface area contributed by atoms with E-state index in [2.05, 4.69) is 10.3 Å². The lowest BCUT2D eigenvalue weighted by atomic mass is 10.1. The number of aromatic nitrogens is 1. The Labute approximate surface area is 234 Å². The molecule has 4 aromatic rings. The molecule has 0 bridgehead atoms. The van der Waals surface area contributed by atoms with E-state index >= 15 is 0 Å². The Hall–Kier alpha value is -3.74. The Morgan fingerprint density at radius 1 is 0.949 bits per heavy atom. The fraction of sp³-hybridized carbons (Fsp3) is 0.179. The normalized spacial score (nSPS) is 11.1. The number of rotatable bonds is 8. The van der Waals surface area contributed by atoms with Gasteiger partial charge in [0.05, 0.1) is 27.1 Å². The molecule has 1 N–H and O–H groups in total. The Morgan fingerprint density at radius 2 is 1.64 bits per heavy atom. The molecule has 1 amide bonds. The van der Waals surface area contributed by atoms with Gasteiger partial charge in [-0.3, -0.25) is 4.79 Å². The summed E-state index contributed by atoms with van der Waals surface area (Å²) in [6.07, 6.45) is 0. The van der Waals surface area contributed by atoms with E-state index in [9.17, 15) is 27.2 Å². The highest BCUT2D eigenvalue weighted by Crippen LogP contribution is 2.32. The van der Waals surface area contributed by atoms with Crippen LogP contribution in [0.5, 0.6) is 5.75 Å². The van der Waals surface area contributed by atoms with Crippen LogP contribution in [-0.2, 0) is 11.3 Å². The number of hydrogen-bond acceptors (Lipinski definition) is 5. The summed E-state index contributed by atoms with van der Waals surface area (Å²) < 4.78 is 65.8. The summed E-state index contributed by atoms with van der Waals surface area (Å²) in [5.41, 5.74) is 0.182. The third-order valence-electron chi connectivity index (χ3n) is 5.48. The fourth-order valence-electron chi connectivity index (χ4n) is 3.60. The SMILES string of the molecule is CC(C)COc1cc(COC(=O)c2c(F)c(F)c(F)c(F)c2I)nc2c(NC(=O)c3ccccc3)cccc12. The second kappa shape index (κ2) is 12.0. The summed E-state index contributed by atoms with van der Waals surface area (Å²) in [7, 11) is 0. The van der Waals surface area contributed by atoms with Crippen LogP contribution in [-0.4, -0.2) is 23.5 Å². The number of carbonyl (C=O) groups excluding carboxylic acids is 2. The maximum absolute atomic E-state index is 14.3. The molecule has 0 saturated carbocycles. The molecular weight excluding hydrogens is 631 g/mol. The van der Waals surface area contributed by atoms with Gasteiger partial charge < -0.3 is 14.8 Å². The van der Waals surface area contributed by atoms with Gasteiger partial charge in [0, 0.05) is 17.0 Å². The van der Waals surface area contributed by atoms with Gasteiger partial charge in [-0.2, -0.15) is 0 Å². The molecule has 0 atom stereocenters. The fourth-order valence-corrected chi connectivity index (χ4v) is 4.29. The molecular formula is C28H21F4IN2O4. The van der Waals surface area contributed by atoms with Crippen molar-refractivity contribution in [3.05, 3.63) is 98.3 Å². The molecule has 0 spiro atoms. The minimum Gasteiger partial charge on any atom is -0.493 e. The number of ether oxygens (including phenoxy) is 2. The lowest BCUT2D eigenvalue weighted by molar-refractivity contribution is 0.0458. The Bertz CT molecular complexity index is 1540. The number of para-hydroxylation sites is 1. The molecule has 6 nitrogen and oxygen atoms in total. The number of nitrogens with one attached hydrogen (secondary N) is 1. The summed E-state index contributed by atoms with van der Waals surface area (Å²) in [6.45, 7) is 3.71. The van der Waals surface area contributed by atoms with E-state index in [1.807, 2.05) is 13.8 Å². The first-order valence-electron chi connectivity index (χ1n) is 11.7. The molecule has 0 aliphatic carbocycles. The first-order valence-corrected chi connectivity index (χ1v) is 12.8. The van der Waals surface area contributed by atoms with Crippen molar-refractivity contribution in [1.29, 1.82) is 0 Å². The summed E-state index contributed by atoms with van der Waals surface area (Å²) in [5.74, 6) is -8.94. The predicted molar refractivity (Wildman–Crippen MR) is 145 cm³/mol. The van der Waals surface area contributed by atoms with E-state index in [0.29, 0.717) is 34.5 Å². The zero-order valence-electron chi connectivity index (χ0n) is 20.7. The van der Waals surface area contributed by atoms with Gasteiger partial charge in [-0.1, -0.05) is 38.1 Å². The van der Waals surface area contributed by atoms with Gasteiger partial charge >= 0.3 is 5.97 Å². The van der Waals surface area contributed by atoms with Crippen LogP contribution in [0.4, 0.5) is 23.2 Å². The second-order valence-corrected chi connectivity index (χ2v) is 9.94. The molecule has 4 rings (SSSR count). The highest BCUT2D eigenvalue weighted by molar-refractivity contribution is 14.1. The van der Waals surface area contributed by atoms with Crippen LogP contribution in [0.1, 0.15) is 40.3 Å². The summed E-state index contributed by atoms with van der Waals surface area (Å²) >= 11 is 1.20. The van der Waals surface area contributed by atoms with E-state index < -0.39 is 45.0 Å². The first-order chi connectivity index (χ1) is 18.6. The van der Waals surface area contributed by atoms with Gasteiger partial charge in [-0.05, 0) is 52.8 Å². The maximum atomic E-state index is 14.3. The zero-order chi connectivity index (χ0) is 28.3. The third kappa shape index (κ3) is 6.13. The lowest BCUT2D eigenvalue weighted by Gasteiger charge is -2.16. The van der Waals surface area contributed by atoms with Gasteiger partial charge in [0.2, 0.25) is 0 Å². The number of pyridine rings is 1. The molecule has 0 radical (unpaired) electrons. The number of hydrogen-bond donors (Lipinski definition) is 1. The number of carbonyl (C=O) groups is 2. The van der Waals surface area contributed by atoms with Crippen LogP contribution in [0.15, 0.2) is 54.6 Å². The molecule has 1 heterocycles. The van der Waals surface area contributed by atoms with Crippen molar-refractivity contribution in [2.75, 3.05) is 11.9 Å². The summed E-state index contributed by atoms with van der Waals surface area (Å²) in [5, 5.41) is 3.38. The zero-order valence-corrected chi connectivity index (χ0v) is 22.8. The molecule has 0 unspecified atom stereocenters. The molecule has 0 aliphatic heterocycles. The maximum Gasteiger partial charge on any atom is 0.342 e. The number of anilines is 1. The van der Waals surface area contributed by atoms with Crippen LogP contribution in [0.3, 0.4) is 0 Å². The van der Waals surface area contributed by atoms with Crippen LogP contribution < -0.4 is 10.1 Å². The number of halogens is 5. The minimum absolute atomic E-state index is 0.148. The topological polar surface area (TPSA) is 77.5 Å². The molecule has 1 aromatic heterocycles. The molecule has 0 aliphatic rings. The standard InChI is InChI=1S/C28H21F4IN2O4/c1-14(2)12-38-19-11-16(13-39-28(37)20-21(29)22(30)23(31)24(32)25(20)33)34-26-17(19)9-6-10-18(26)35-27(36)15-7-4-3-5-8-15/h3-11,14H,12-13H2,1-2H3,(H,35,36). The van der Waals surface area contributed by atoms with Gasteiger partial charge in [0.25, 0.3) is 5.91 Å². The van der Waals surface area contributed by atoms with Gasteiger partial charge in [0.15, 0.2) is 23.3 Å². The van der Waals surface area contributed by atoms with Crippen molar-refractivity contribution < 1.29 is 36.6 Å². The lowest BCUT2D eigenvalue weighted by Crippen LogP contribution is -2.15. The highest BCUT2D eigenvalue weighted by atomic mass is 127. The van der Waals surface area contributed by atoms with Gasteiger partial charge in [-0.15, -0.1) is 0 Å². The van der Waals surface area contributed by atoms with Crippen LogP contribution in [0, 0.1) is 32.8 Å². The number of nitrogens with zero attached hydrogens (tertiary/aromatic N) is 1. The summed E-state index contributed by atoms with van der Waals surface area (Å²) in [6, 6.07) is 15.1. The number of fused-ring (bicyclic) bond motifs is 1. The van der Waals surface area contributed by atoms with E-state index in [4.69, 9.17) is 9.47 Å². The van der Waals surface area contributed by atoms with Crippen molar-refractivity contribution in [1.82, 2.24) is 4.98 Å². The smallest absolute Gasteiger partial charge is 0.342 e. The van der Waals surface area contributed by atoms with E-state index in [-0.39, 0.29) is 17.5 Å².